The van der Waals surface area contributed by atoms with Crippen LogP contribution in [0.5, 0.6) is 0 Å². The number of sulfonamides is 1. The van der Waals surface area contributed by atoms with E-state index in [9.17, 15) is 8.42 Å². The van der Waals surface area contributed by atoms with E-state index < -0.39 is 10.0 Å². The van der Waals surface area contributed by atoms with Gasteiger partial charge >= 0.3 is 0 Å². The standard InChI is InChI=1S/C13H16N2O2S/c1-11-4-3-7-15(10-11)18(16,17)13-6-2-5-12(8-13)9-14/h2,5-6,8,11H,3-4,7,10H2,1H3. The summed E-state index contributed by atoms with van der Waals surface area (Å²) in [5.74, 6) is 0.396. The summed E-state index contributed by atoms with van der Waals surface area (Å²) in [6, 6.07) is 8.18. The molecule has 2 rings (SSSR count). The molecule has 5 heteroatoms. The summed E-state index contributed by atoms with van der Waals surface area (Å²) in [7, 11) is -3.45. The Morgan fingerprint density at radius 3 is 2.89 bits per heavy atom. The van der Waals surface area contributed by atoms with Crippen LogP contribution in [0.15, 0.2) is 29.2 Å². The molecule has 0 spiro atoms. The number of rotatable bonds is 2. The topological polar surface area (TPSA) is 61.2 Å². The summed E-state index contributed by atoms with van der Waals surface area (Å²) in [4.78, 5) is 0.218. The largest absolute Gasteiger partial charge is 0.243 e. The third-order valence-corrected chi connectivity index (χ3v) is 5.08. The third kappa shape index (κ3) is 2.55. The molecule has 0 amide bonds. The smallest absolute Gasteiger partial charge is 0.207 e. The van der Waals surface area contributed by atoms with Crippen molar-refractivity contribution < 1.29 is 8.42 Å². The SMILES string of the molecule is CC1CCCN(S(=O)(=O)c2cccc(C#N)c2)C1. The second-order valence-electron chi connectivity index (χ2n) is 4.75. The summed E-state index contributed by atoms with van der Waals surface area (Å²) in [6.07, 6.45) is 1.97. The van der Waals surface area contributed by atoms with Gasteiger partial charge in [-0.1, -0.05) is 13.0 Å². The average Bonchev–Trinajstić information content (AvgIpc) is 2.39. The van der Waals surface area contributed by atoms with E-state index in [1.165, 1.54) is 10.4 Å². The van der Waals surface area contributed by atoms with Crippen molar-refractivity contribution in [2.75, 3.05) is 13.1 Å². The molecule has 1 heterocycles. The molecular formula is C13H16N2O2S. The zero-order chi connectivity index (χ0) is 13.2. The minimum Gasteiger partial charge on any atom is -0.207 e. The van der Waals surface area contributed by atoms with Gasteiger partial charge in [-0.15, -0.1) is 0 Å². The van der Waals surface area contributed by atoms with Gasteiger partial charge in [-0.2, -0.15) is 9.57 Å². The Bertz CT molecular complexity index is 575. The van der Waals surface area contributed by atoms with Crippen molar-refractivity contribution in [2.24, 2.45) is 5.92 Å². The molecule has 0 aromatic heterocycles. The van der Waals surface area contributed by atoms with E-state index in [0.717, 1.165) is 12.8 Å². The Labute approximate surface area is 108 Å². The number of piperidine rings is 1. The lowest BCUT2D eigenvalue weighted by Crippen LogP contribution is -2.39. The molecule has 18 heavy (non-hydrogen) atoms. The second-order valence-corrected chi connectivity index (χ2v) is 6.69. The summed E-state index contributed by atoms with van der Waals surface area (Å²) < 4.78 is 26.4. The first kappa shape index (κ1) is 13.1. The van der Waals surface area contributed by atoms with Crippen LogP contribution in [0.25, 0.3) is 0 Å². The van der Waals surface area contributed by atoms with Gasteiger partial charge in [0, 0.05) is 13.1 Å². The molecular weight excluding hydrogens is 248 g/mol. The van der Waals surface area contributed by atoms with Crippen LogP contribution in [-0.4, -0.2) is 25.8 Å². The Kier molecular flexibility index (Phi) is 3.69. The highest BCUT2D eigenvalue weighted by Gasteiger charge is 2.28. The van der Waals surface area contributed by atoms with E-state index in [4.69, 9.17) is 5.26 Å². The fourth-order valence-electron chi connectivity index (χ4n) is 2.24. The van der Waals surface area contributed by atoms with Crippen molar-refractivity contribution in [1.29, 1.82) is 5.26 Å². The molecule has 0 N–H and O–H groups in total. The van der Waals surface area contributed by atoms with Gasteiger partial charge < -0.3 is 0 Å². The summed E-state index contributed by atoms with van der Waals surface area (Å²) in [6.45, 7) is 3.20. The van der Waals surface area contributed by atoms with Crippen LogP contribution in [0.2, 0.25) is 0 Å². The van der Waals surface area contributed by atoms with E-state index in [1.807, 2.05) is 6.07 Å². The molecule has 0 bridgehead atoms. The molecule has 4 nitrogen and oxygen atoms in total. The number of nitriles is 1. The van der Waals surface area contributed by atoms with E-state index in [0.29, 0.717) is 24.6 Å². The number of benzene rings is 1. The van der Waals surface area contributed by atoms with Gasteiger partial charge in [0.15, 0.2) is 0 Å². The van der Waals surface area contributed by atoms with Crippen LogP contribution >= 0.6 is 0 Å². The highest BCUT2D eigenvalue weighted by Crippen LogP contribution is 2.23. The van der Waals surface area contributed by atoms with Gasteiger partial charge in [-0.05, 0) is 37.0 Å². The van der Waals surface area contributed by atoms with Crippen LogP contribution in [-0.2, 0) is 10.0 Å². The fraction of sp³-hybridized carbons (Fsp3) is 0.462. The normalized spacial score (nSPS) is 21.4. The quantitative estimate of drug-likeness (QED) is 0.820. The Balaban J connectivity index is 2.33. The molecule has 1 saturated heterocycles. The maximum Gasteiger partial charge on any atom is 0.243 e. The Morgan fingerprint density at radius 1 is 1.44 bits per heavy atom. The Morgan fingerprint density at radius 2 is 2.22 bits per heavy atom. The lowest BCUT2D eigenvalue weighted by Gasteiger charge is -2.30. The lowest BCUT2D eigenvalue weighted by molar-refractivity contribution is 0.281. The summed E-state index contributed by atoms with van der Waals surface area (Å²) in [5.41, 5.74) is 0.376. The van der Waals surface area contributed by atoms with E-state index >= 15 is 0 Å². The van der Waals surface area contributed by atoms with Crippen LogP contribution in [0.3, 0.4) is 0 Å². The molecule has 0 saturated carbocycles. The number of nitrogens with zero attached hydrogens (tertiary/aromatic N) is 2. The molecule has 1 atom stereocenters. The van der Waals surface area contributed by atoms with Gasteiger partial charge in [-0.25, -0.2) is 8.42 Å². The summed E-state index contributed by atoms with van der Waals surface area (Å²) >= 11 is 0. The van der Waals surface area contributed by atoms with Crippen LogP contribution in [0, 0.1) is 17.2 Å². The van der Waals surface area contributed by atoms with Crippen molar-refractivity contribution in [3.05, 3.63) is 29.8 Å². The van der Waals surface area contributed by atoms with Crippen molar-refractivity contribution in [3.8, 4) is 6.07 Å². The lowest BCUT2D eigenvalue weighted by atomic mass is 10.0. The first-order chi connectivity index (χ1) is 8.54. The molecule has 0 radical (unpaired) electrons. The third-order valence-electron chi connectivity index (χ3n) is 3.22. The minimum atomic E-state index is -3.45. The molecule has 96 valence electrons. The van der Waals surface area contributed by atoms with Crippen LogP contribution in [0.4, 0.5) is 0 Å². The zero-order valence-corrected chi connectivity index (χ0v) is 11.2. The zero-order valence-electron chi connectivity index (χ0n) is 10.3. The van der Waals surface area contributed by atoms with Gasteiger partial charge in [-0.3, -0.25) is 0 Å². The van der Waals surface area contributed by atoms with Gasteiger partial charge in [0.05, 0.1) is 16.5 Å². The van der Waals surface area contributed by atoms with E-state index in [-0.39, 0.29) is 4.90 Å². The maximum atomic E-state index is 12.4. The van der Waals surface area contributed by atoms with E-state index in [1.54, 1.807) is 18.2 Å². The Hall–Kier alpha value is -1.38. The molecule has 1 aliphatic rings. The highest BCUT2D eigenvalue weighted by atomic mass is 32.2. The monoisotopic (exact) mass is 264 g/mol. The molecule has 1 fully saturated rings. The molecule has 0 aliphatic carbocycles. The molecule has 1 aromatic carbocycles. The molecule has 1 aromatic rings. The minimum absolute atomic E-state index is 0.218. The number of hydrogen-bond acceptors (Lipinski definition) is 3. The van der Waals surface area contributed by atoms with E-state index in [2.05, 4.69) is 6.92 Å². The average molecular weight is 264 g/mol. The van der Waals surface area contributed by atoms with Crippen molar-refractivity contribution in [1.82, 2.24) is 4.31 Å². The highest BCUT2D eigenvalue weighted by molar-refractivity contribution is 7.89. The summed E-state index contributed by atoms with van der Waals surface area (Å²) in [5, 5.41) is 8.82. The molecule has 1 aliphatic heterocycles. The van der Waals surface area contributed by atoms with Crippen LogP contribution in [0.1, 0.15) is 25.3 Å². The van der Waals surface area contributed by atoms with Crippen molar-refractivity contribution in [3.63, 3.8) is 0 Å². The predicted octanol–water partition coefficient (Wildman–Crippen LogP) is 1.98. The van der Waals surface area contributed by atoms with Crippen LogP contribution < -0.4 is 0 Å². The van der Waals surface area contributed by atoms with Crippen molar-refractivity contribution >= 4 is 10.0 Å². The number of hydrogen-bond donors (Lipinski definition) is 0. The first-order valence-corrected chi connectivity index (χ1v) is 7.48. The maximum absolute atomic E-state index is 12.4. The predicted molar refractivity (Wildman–Crippen MR) is 68.3 cm³/mol. The fourth-order valence-corrected chi connectivity index (χ4v) is 3.88. The second kappa shape index (κ2) is 5.09. The van der Waals surface area contributed by atoms with Gasteiger partial charge in [0.1, 0.15) is 0 Å². The van der Waals surface area contributed by atoms with Crippen molar-refractivity contribution in [2.45, 2.75) is 24.7 Å². The first-order valence-electron chi connectivity index (χ1n) is 6.04. The molecule has 1 unspecified atom stereocenters. The van der Waals surface area contributed by atoms with Gasteiger partial charge in [0.25, 0.3) is 0 Å². The van der Waals surface area contributed by atoms with Gasteiger partial charge in [0.2, 0.25) is 10.0 Å².